The lowest BCUT2D eigenvalue weighted by atomic mass is 10.2. The monoisotopic (exact) mass is 420 g/mol. The van der Waals surface area contributed by atoms with Crippen LogP contribution in [0.3, 0.4) is 0 Å². The van der Waals surface area contributed by atoms with Gasteiger partial charge in [0, 0.05) is 30.6 Å². The normalized spacial score (nSPS) is 9.69. The molecule has 4 N–H and O–H groups in total. The van der Waals surface area contributed by atoms with Crippen molar-refractivity contribution in [1.29, 1.82) is 0 Å². The number of benzene rings is 2. The van der Waals surface area contributed by atoms with Crippen LogP contribution in [0.2, 0.25) is 0 Å². The van der Waals surface area contributed by atoms with E-state index in [1.54, 1.807) is 10.7 Å². The Hall–Kier alpha value is -2.92. The number of aromatic nitrogens is 3. The molecule has 4 rings (SSSR count). The molecule has 0 saturated heterocycles. The van der Waals surface area contributed by atoms with Gasteiger partial charge in [0.25, 0.3) is 5.97 Å². The first kappa shape index (κ1) is 24.1. The highest BCUT2D eigenvalue weighted by molar-refractivity contribution is 7.93. The van der Waals surface area contributed by atoms with Crippen molar-refractivity contribution in [3.63, 3.8) is 0 Å². The number of carbonyl (C=O) groups is 1. The summed E-state index contributed by atoms with van der Waals surface area (Å²) in [6.45, 7) is 5.08. The van der Waals surface area contributed by atoms with Crippen LogP contribution in [0.4, 0.5) is 0 Å². The number of aromatic amines is 1. The number of nitrogens with one attached hydrogen (secondary N) is 1. The van der Waals surface area contributed by atoms with Gasteiger partial charge >= 0.3 is 5.69 Å². The maximum Gasteiger partial charge on any atom is 0.332 e. The highest BCUT2D eigenvalue weighted by Gasteiger charge is 2.09. The molecule has 10 heteroatoms. The number of H-pyrrole nitrogens is 1. The molecule has 2 heterocycles. The van der Waals surface area contributed by atoms with Gasteiger partial charge in [-0.2, -0.15) is 5.90 Å². The van der Waals surface area contributed by atoms with E-state index in [1.807, 2.05) is 62.4 Å². The Balaban J connectivity index is 0.000000324. The van der Waals surface area contributed by atoms with Gasteiger partial charge in [-0.1, -0.05) is 38.1 Å². The van der Waals surface area contributed by atoms with Crippen molar-refractivity contribution >= 4 is 45.6 Å². The first-order chi connectivity index (χ1) is 14.0. The van der Waals surface area contributed by atoms with Crippen LogP contribution >= 0.6 is 12.0 Å². The van der Waals surface area contributed by atoms with Gasteiger partial charge in [-0.3, -0.25) is 4.79 Å². The maximum atomic E-state index is 12.1. The van der Waals surface area contributed by atoms with Crippen LogP contribution in [-0.2, 0) is 14.1 Å². The van der Waals surface area contributed by atoms with E-state index >= 15 is 0 Å². The summed E-state index contributed by atoms with van der Waals surface area (Å²) in [5.74, 6) is 3.56. The predicted octanol–water partition coefficient (Wildman–Crippen LogP) is 3.53. The van der Waals surface area contributed by atoms with Gasteiger partial charge in [-0.25, -0.2) is 14.2 Å². The van der Waals surface area contributed by atoms with E-state index in [0.717, 1.165) is 40.9 Å². The Morgan fingerprint density at radius 2 is 1.76 bits per heavy atom. The summed E-state index contributed by atoms with van der Waals surface area (Å²) in [5, 5.41) is 8.37. The van der Waals surface area contributed by atoms with E-state index in [-0.39, 0.29) is 5.69 Å². The second-order valence-electron chi connectivity index (χ2n) is 5.09. The van der Waals surface area contributed by atoms with Gasteiger partial charge in [0.05, 0.1) is 16.6 Å². The summed E-state index contributed by atoms with van der Waals surface area (Å²) in [5.41, 5.74) is 3.03. The van der Waals surface area contributed by atoms with E-state index < -0.39 is 5.97 Å². The second-order valence-corrected chi connectivity index (χ2v) is 5.55. The van der Waals surface area contributed by atoms with Gasteiger partial charge in [0.1, 0.15) is 0 Å². The van der Waals surface area contributed by atoms with E-state index in [2.05, 4.69) is 25.2 Å². The fourth-order valence-corrected chi connectivity index (χ4v) is 2.49. The third-order valence-corrected chi connectivity index (χ3v) is 3.50. The molecule has 0 amide bonds. The SMILES string of the molecule is CC.CC(=O)O.CSOON.O=c1[nH]c2ccccc2c2nc3ccccc3n12. The summed E-state index contributed by atoms with van der Waals surface area (Å²) >= 11 is 1.05. The molecule has 9 nitrogen and oxygen atoms in total. The number of fused-ring (bicyclic) bond motifs is 5. The minimum absolute atomic E-state index is 0.155. The standard InChI is InChI=1S/C14H9N3O.C2H4O2.C2H6.CH5NO2S/c18-14-16-10-6-2-1-5-9(10)13-15-11-7-3-4-8-12(11)17(13)14;1-2(3)4;1-2;1-5-4-3-2/h1-8H,(H,16,18);1H3,(H,3,4);1-2H3;2H2,1H3. The number of imidazole rings is 1. The van der Waals surface area contributed by atoms with Gasteiger partial charge in [-0.15, -0.1) is 9.32 Å². The van der Waals surface area contributed by atoms with Crippen molar-refractivity contribution in [3.8, 4) is 0 Å². The van der Waals surface area contributed by atoms with E-state index in [1.165, 1.54) is 0 Å². The number of carboxylic acid groups (broad SMARTS) is 1. The Kier molecular flexibility index (Phi) is 10.4. The lowest BCUT2D eigenvalue weighted by molar-refractivity contribution is -0.194. The summed E-state index contributed by atoms with van der Waals surface area (Å²) in [7, 11) is 0. The molecular weight excluding hydrogens is 396 g/mol. The molecular formula is C19H24N4O5S. The largest absolute Gasteiger partial charge is 0.481 e. The Bertz CT molecular complexity index is 1100. The summed E-state index contributed by atoms with van der Waals surface area (Å²) in [4.78, 5) is 32.2. The third-order valence-electron chi connectivity index (χ3n) is 3.28. The molecule has 2 aromatic carbocycles. The van der Waals surface area contributed by atoms with E-state index in [9.17, 15) is 4.79 Å². The number of hydrogen-bond donors (Lipinski definition) is 3. The number of hydrogen-bond acceptors (Lipinski definition) is 7. The van der Waals surface area contributed by atoms with Crippen molar-refractivity contribution in [2.45, 2.75) is 20.8 Å². The van der Waals surface area contributed by atoms with Crippen molar-refractivity contribution in [1.82, 2.24) is 14.4 Å². The van der Waals surface area contributed by atoms with Crippen LogP contribution in [0.25, 0.3) is 27.6 Å². The van der Waals surface area contributed by atoms with Crippen molar-refractivity contribution in [2.75, 3.05) is 6.26 Å². The summed E-state index contributed by atoms with van der Waals surface area (Å²) in [6, 6.07) is 15.3. The fourth-order valence-electron chi connectivity index (χ4n) is 2.41. The molecule has 0 aliphatic carbocycles. The fraction of sp³-hybridized carbons (Fsp3) is 0.211. The van der Waals surface area contributed by atoms with Crippen LogP contribution < -0.4 is 11.6 Å². The Morgan fingerprint density at radius 1 is 1.17 bits per heavy atom. The molecule has 0 aliphatic rings. The first-order valence-corrected chi connectivity index (χ1v) is 9.78. The molecule has 0 aliphatic heterocycles. The molecule has 0 saturated carbocycles. The zero-order valence-electron chi connectivity index (χ0n) is 16.6. The summed E-state index contributed by atoms with van der Waals surface area (Å²) in [6.07, 6.45) is 1.70. The molecule has 0 spiro atoms. The number of rotatable bonds is 2. The number of nitrogens with zero attached hydrogens (tertiary/aromatic N) is 2. The molecule has 0 unspecified atom stereocenters. The zero-order chi connectivity index (χ0) is 21.8. The number of nitrogens with two attached hydrogens (primary N) is 1. The molecule has 2 aromatic heterocycles. The molecule has 0 radical (unpaired) electrons. The van der Waals surface area contributed by atoms with Crippen molar-refractivity contribution in [2.24, 2.45) is 5.90 Å². The van der Waals surface area contributed by atoms with Crippen LogP contribution in [-0.4, -0.2) is 31.7 Å². The van der Waals surface area contributed by atoms with Gasteiger partial charge in [-0.05, 0) is 24.3 Å². The first-order valence-electron chi connectivity index (χ1n) is 8.63. The van der Waals surface area contributed by atoms with Gasteiger partial charge < -0.3 is 10.1 Å². The number of aliphatic carboxylic acids is 1. The lowest BCUT2D eigenvalue weighted by Crippen LogP contribution is -2.15. The number of carboxylic acids is 1. The maximum absolute atomic E-state index is 12.1. The smallest absolute Gasteiger partial charge is 0.332 e. The average Bonchev–Trinajstić information content (AvgIpc) is 3.11. The second kappa shape index (κ2) is 12.5. The van der Waals surface area contributed by atoms with Crippen molar-refractivity contribution in [3.05, 3.63) is 59.0 Å². The highest BCUT2D eigenvalue weighted by atomic mass is 32.2. The minimum Gasteiger partial charge on any atom is -0.481 e. The van der Waals surface area contributed by atoms with Crippen LogP contribution in [0, 0.1) is 0 Å². The highest BCUT2D eigenvalue weighted by Crippen LogP contribution is 2.20. The lowest BCUT2D eigenvalue weighted by Gasteiger charge is -1.99. The predicted molar refractivity (Wildman–Crippen MR) is 115 cm³/mol. The Labute approximate surface area is 171 Å². The van der Waals surface area contributed by atoms with Crippen molar-refractivity contribution < 1.29 is 19.2 Å². The van der Waals surface area contributed by atoms with Gasteiger partial charge in [0.2, 0.25) is 0 Å². The van der Waals surface area contributed by atoms with Crippen LogP contribution in [0.1, 0.15) is 20.8 Å². The third kappa shape index (κ3) is 6.57. The molecule has 0 bridgehead atoms. The van der Waals surface area contributed by atoms with E-state index in [0.29, 0.717) is 5.65 Å². The molecule has 4 aromatic rings. The average molecular weight is 420 g/mol. The molecule has 0 fully saturated rings. The van der Waals surface area contributed by atoms with Crippen LogP contribution in [0.5, 0.6) is 0 Å². The Morgan fingerprint density at radius 3 is 2.34 bits per heavy atom. The number of para-hydroxylation sites is 3. The zero-order valence-corrected chi connectivity index (χ0v) is 17.4. The molecule has 156 valence electrons. The quantitative estimate of drug-likeness (QED) is 0.255. The molecule has 0 atom stereocenters. The van der Waals surface area contributed by atoms with Gasteiger partial charge in [0.15, 0.2) is 5.65 Å². The molecule has 29 heavy (non-hydrogen) atoms. The minimum atomic E-state index is -0.833. The summed E-state index contributed by atoms with van der Waals surface area (Å²) < 4.78 is 5.65. The van der Waals surface area contributed by atoms with E-state index in [4.69, 9.17) is 9.90 Å². The van der Waals surface area contributed by atoms with Crippen LogP contribution in [0.15, 0.2) is 53.3 Å². The topological polar surface area (TPSA) is 132 Å².